The van der Waals surface area contributed by atoms with E-state index in [2.05, 4.69) is 30.6 Å². The predicted octanol–water partition coefficient (Wildman–Crippen LogP) is 6.46. The molecule has 0 saturated heterocycles. The van der Waals surface area contributed by atoms with Crippen LogP contribution in [0.2, 0.25) is 0 Å². The quantitative estimate of drug-likeness (QED) is 0.170. The molecule has 0 radical (unpaired) electrons. The fraction of sp³-hybridized carbons (Fsp3) is 0.634. The first-order valence-electron chi connectivity index (χ1n) is 18.8. The first-order valence-corrected chi connectivity index (χ1v) is 18.8. The third kappa shape index (κ3) is 8.28. The Bertz CT molecular complexity index is 1600. The molecule has 278 valence electrons. The summed E-state index contributed by atoms with van der Waals surface area (Å²) < 4.78 is 27.8. The zero-order chi connectivity index (χ0) is 36.2. The van der Waals surface area contributed by atoms with Gasteiger partial charge in [0.25, 0.3) is 0 Å². The van der Waals surface area contributed by atoms with Crippen LogP contribution in [-0.2, 0) is 33.3 Å². The second kappa shape index (κ2) is 15.6. The minimum atomic E-state index is -0.527. The van der Waals surface area contributed by atoms with E-state index < -0.39 is 11.6 Å². The van der Waals surface area contributed by atoms with Crippen LogP contribution >= 0.6 is 0 Å². The van der Waals surface area contributed by atoms with E-state index in [-0.39, 0.29) is 41.2 Å². The van der Waals surface area contributed by atoms with E-state index in [0.29, 0.717) is 57.4 Å². The fourth-order valence-electron chi connectivity index (χ4n) is 9.68. The molecule has 2 aromatic carbocycles. The van der Waals surface area contributed by atoms with Gasteiger partial charge in [-0.15, -0.1) is 0 Å². The minimum absolute atomic E-state index is 0.00986. The molecule has 2 aromatic rings. The van der Waals surface area contributed by atoms with Crippen molar-refractivity contribution in [1.29, 1.82) is 0 Å². The summed E-state index contributed by atoms with van der Waals surface area (Å²) in [5.41, 5.74) is 0.239. The number of hydrogen-bond donors (Lipinski definition) is 2. The molecule has 10 heteroatoms. The Balaban J connectivity index is 0.966. The van der Waals surface area contributed by atoms with Crippen molar-refractivity contribution >= 4 is 34.2 Å². The highest BCUT2D eigenvalue weighted by atomic mass is 16.6. The van der Waals surface area contributed by atoms with E-state index in [0.717, 1.165) is 60.7 Å². The van der Waals surface area contributed by atoms with E-state index in [4.69, 9.17) is 23.7 Å². The van der Waals surface area contributed by atoms with Crippen LogP contribution in [0.5, 0.6) is 5.75 Å². The number of nitrogens with one attached hydrogen (secondary N) is 2. The lowest BCUT2D eigenvalue weighted by Gasteiger charge is -2.58. The Morgan fingerprint density at radius 2 is 1.55 bits per heavy atom. The summed E-state index contributed by atoms with van der Waals surface area (Å²) in [4.78, 5) is 37.9. The monoisotopic (exact) mass is 704 g/mol. The van der Waals surface area contributed by atoms with Crippen LogP contribution in [0.4, 0.5) is 5.69 Å². The van der Waals surface area contributed by atoms with Crippen LogP contribution in [0.3, 0.4) is 0 Å². The number of fused-ring (bicyclic) bond motifs is 6. The van der Waals surface area contributed by atoms with Gasteiger partial charge in [0.15, 0.2) is 0 Å². The highest BCUT2D eigenvalue weighted by molar-refractivity contribution is 6.04. The zero-order valence-electron chi connectivity index (χ0n) is 31.0. The number of benzene rings is 2. The molecule has 3 fully saturated rings. The summed E-state index contributed by atoms with van der Waals surface area (Å²) in [5.74, 6) is 2.10. The van der Waals surface area contributed by atoms with Gasteiger partial charge in [-0.1, -0.05) is 44.2 Å². The van der Waals surface area contributed by atoms with Crippen LogP contribution < -0.4 is 15.4 Å². The number of hydrogen-bond acceptors (Lipinski definition) is 8. The lowest BCUT2D eigenvalue weighted by atomic mass is 9.48. The SMILES string of the molecule is CC(C)(C)OC(=O)COCCOCCOCCOc1cccc2c(NC(=O)[C@H]3CC[C@H]4[C@@H]5CC[C@H]6NC(=O)C=C[C@]6(C)[C@H]5CC[C@]34C)cccc12. The topological polar surface area (TPSA) is 121 Å². The smallest absolute Gasteiger partial charge is 0.332 e. The molecule has 1 aliphatic heterocycles. The number of rotatable bonds is 14. The van der Waals surface area contributed by atoms with Crippen LogP contribution in [0.25, 0.3) is 10.8 Å². The molecular formula is C41H56N2O8. The Morgan fingerprint density at radius 3 is 2.31 bits per heavy atom. The zero-order valence-corrected chi connectivity index (χ0v) is 31.0. The van der Waals surface area contributed by atoms with Gasteiger partial charge in [0, 0.05) is 33.8 Å². The van der Waals surface area contributed by atoms with Crippen LogP contribution in [0.1, 0.15) is 73.1 Å². The molecule has 3 saturated carbocycles. The maximum atomic E-state index is 14.1. The second-order valence-electron chi connectivity index (χ2n) is 16.2. The number of carbonyl (C=O) groups is 3. The highest BCUT2D eigenvalue weighted by Crippen LogP contribution is 2.65. The molecular weight excluding hydrogens is 648 g/mol. The van der Waals surface area contributed by atoms with Gasteiger partial charge >= 0.3 is 5.97 Å². The maximum absolute atomic E-state index is 14.1. The molecule has 0 bridgehead atoms. The van der Waals surface area contributed by atoms with E-state index in [1.54, 1.807) is 6.08 Å². The first-order chi connectivity index (χ1) is 24.4. The van der Waals surface area contributed by atoms with Gasteiger partial charge in [-0.05, 0) is 101 Å². The summed E-state index contributed by atoms with van der Waals surface area (Å²) in [6.07, 6.45) is 10.2. The number of carbonyl (C=O) groups excluding carboxylic acids is 3. The summed E-state index contributed by atoms with van der Waals surface area (Å²) in [7, 11) is 0. The Kier molecular flexibility index (Phi) is 11.4. The van der Waals surface area contributed by atoms with E-state index in [9.17, 15) is 14.4 Å². The molecule has 1 heterocycles. The molecule has 2 amide bonds. The number of esters is 1. The number of amides is 2. The summed E-state index contributed by atoms with van der Waals surface area (Å²) in [6.45, 7) is 12.3. The van der Waals surface area contributed by atoms with Crippen LogP contribution in [0.15, 0.2) is 48.6 Å². The van der Waals surface area contributed by atoms with Crippen molar-refractivity contribution in [1.82, 2.24) is 5.32 Å². The van der Waals surface area contributed by atoms with Gasteiger partial charge in [-0.2, -0.15) is 0 Å². The molecule has 4 aliphatic rings. The lowest BCUT2D eigenvalue weighted by molar-refractivity contribution is -0.160. The van der Waals surface area contributed by atoms with Gasteiger partial charge in [0.2, 0.25) is 11.8 Å². The van der Waals surface area contributed by atoms with E-state index in [1.165, 1.54) is 0 Å². The fourth-order valence-corrected chi connectivity index (χ4v) is 9.68. The minimum Gasteiger partial charge on any atom is -0.491 e. The Labute approximate surface area is 302 Å². The number of anilines is 1. The molecule has 0 spiro atoms. The lowest BCUT2D eigenvalue weighted by Crippen LogP contribution is -2.59. The van der Waals surface area contributed by atoms with Gasteiger partial charge in [-0.3, -0.25) is 9.59 Å². The largest absolute Gasteiger partial charge is 0.491 e. The van der Waals surface area contributed by atoms with E-state index in [1.807, 2.05) is 57.2 Å². The van der Waals surface area contributed by atoms with Crippen molar-refractivity contribution in [2.24, 2.45) is 34.5 Å². The molecule has 2 N–H and O–H groups in total. The highest BCUT2D eigenvalue weighted by Gasteiger charge is 2.60. The third-order valence-electron chi connectivity index (χ3n) is 12.0. The molecule has 0 aromatic heterocycles. The first kappa shape index (κ1) is 37.3. The summed E-state index contributed by atoms with van der Waals surface area (Å²) >= 11 is 0. The molecule has 6 rings (SSSR count). The summed E-state index contributed by atoms with van der Waals surface area (Å²) in [6, 6.07) is 12.1. The average Bonchev–Trinajstić information content (AvgIpc) is 3.44. The Morgan fingerprint density at radius 1 is 0.843 bits per heavy atom. The van der Waals surface area contributed by atoms with Crippen LogP contribution in [0, 0.1) is 34.5 Å². The predicted molar refractivity (Wildman–Crippen MR) is 195 cm³/mol. The molecule has 10 nitrogen and oxygen atoms in total. The van der Waals surface area contributed by atoms with Crippen molar-refractivity contribution in [3.05, 3.63) is 48.6 Å². The Hall–Kier alpha value is -3.47. The second-order valence-corrected chi connectivity index (χ2v) is 16.2. The van der Waals surface area contributed by atoms with E-state index >= 15 is 0 Å². The van der Waals surface area contributed by atoms with Crippen molar-refractivity contribution < 1.29 is 38.1 Å². The third-order valence-corrected chi connectivity index (χ3v) is 12.0. The summed E-state index contributed by atoms with van der Waals surface area (Å²) in [5, 5.41) is 8.48. The van der Waals surface area contributed by atoms with Crippen LogP contribution in [-0.4, -0.2) is 75.7 Å². The molecule has 51 heavy (non-hydrogen) atoms. The van der Waals surface area contributed by atoms with Crippen molar-refractivity contribution in [3.63, 3.8) is 0 Å². The van der Waals surface area contributed by atoms with Crippen molar-refractivity contribution in [2.75, 3.05) is 51.6 Å². The standard InChI is InChI=1S/C41H56N2O8/c1-39(2,3)51-37(45)26-49-23-22-47-20-21-48-24-25-50-34-11-7-8-27-28(34)9-6-10-33(27)42-38(46)32-14-13-30-29-12-15-35-41(5,19-17-36(44)43-35)31(29)16-18-40(30,32)4/h6-11,17,19,29-32,35H,12-16,18,20-26H2,1-5H3,(H,42,46)(H,43,44)/t29-,30-,31-,32+,35+,40-,41+/m0/s1. The normalized spacial score (nSPS) is 29.8. The number of ether oxygens (including phenoxy) is 5. The van der Waals surface area contributed by atoms with Gasteiger partial charge in [0.05, 0.1) is 33.0 Å². The van der Waals surface area contributed by atoms with Gasteiger partial charge < -0.3 is 34.3 Å². The average molecular weight is 705 g/mol. The van der Waals surface area contributed by atoms with Crippen molar-refractivity contribution in [2.45, 2.75) is 84.8 Å². The van der Waals surface area contributed by atoms with Gasteiger partial charge in [0.1, 0.15) is 24.6 Å². The molecule has 3 aliphatic carbocycles. The van der Waals surface area contributed by atoms with Crippen molar-refractivity contribution in [3.8, 4) is 5.75 Å². The molecule has 7 atom stereocenters. The molecule has 0 unspecified atom stereocenters. The maximum Gasteiger partial charge on any atom is 0.332 e. The van der Waals surface area contributed by atoms with Gasteiger partial charge in [-0.25, -0.2) is 4.79 Å².